The van der Waals surface area contributed by atoms with Crippen molar-refractivity contribution in [3.8, 4) is 11.5 Å². The van der Waals surface area contributed by atoms with E-state index in [1.165, 1.54) is 19.2 Å². The molecule has 94 valence electrons. The van der Waals surface area contributed by atoms with E-state index < -0.39 is 4.92 Å². The summed E-state index contributed by atoms with van der Waals surface area (Å²) >= 11 is 5.51. The van der Waals surface area contributed by atoms with Gasteiger partial charge >= 0.3 is 0 Å². The summed E-state index contributed by atoms with van der Waals surface area (Å²) < 4.78 is 10.4. The zero-order valence-electron chi connectivity index (χ0n) is 9.31. The molecule has 0 saturated carbocycles. The molecule has 0 aliphatic rings. The van der Waals surface area contributed by atoms with Gasteiger partial charge in [-0.25, -0.2) is 0 Å². The summed E-state index contributed by atoms with van der Waals surface area (Å²) in [7, 11) is 1.44. The Morgan fingerprint density at radius 3 is 2.71 bits per heavy atom. The fourth-order valence-electron chi connectivity index (χ4n) is 1.23. The number of nitrogen functional groups attached to an aromatic ring is 1. The number of methoxy groups -OCH3 is 1. The van der Waals surface area contributed by atoms with Crippen LogP contribution in [0, 0.1) is 10.1 Å². The molecule has 6 nitrogen and oxygen atoms in total. The quantitative estimate of drug-likeness (QED) is 0.278. The molecule has 0 aliphatic carbocycles. The topological polar surface area (TPSA) is 87.6 Å². The van der Waals surface area contributed by atoms with E-state index in [0.717, 1.165) is 0 Å². The van der Waals surface area contributed by atoms with Crippen LogP contribution in [0.1, 0.15) is 6.42 Å². The molecule has 0 unspecified atom stereocenters. The van der Waals surface area contributed by atoms with Crippen LogP contribution in [0.5, 0.6) is 11.5 Å². The number of nitro groups is 1. The van der Waals surface area contributed by atoms with E-state index in [-0.39, 0.29) is 11.4 Å². The molecule has 1 aromatic carbocycles. The molecule has 0 fully saturated rings. The summed E-state index contributed by atoms with van der Waals surface area (Å²) in [5, 5.41) is 10.7. The molecule has 1 aromatic rings. The molecule has 0 atom stereocenters. The first kappa shape index (κ1) is 13.4. The Bertz CT molecular complexity index is 412. The Kier molecular flexibility index (Phi) is 4.84. The lowest BCUT2D eigenvalue weighted by Gasteiger charge is -2.10. The number of halogens is 1. The molecular weight excluding hydrogens is 248 g/mol. The van der Waals surface area contributed by atoms with Crippen molar-refractivity contribution in [3.05, 3.63) is 22.2 Å². The number of rotatable bonds is 6. The van der Waals surface area contributed by atoms with E-state index >= 15 is 0 Å². The molecular formula is C10H13ClN2O4. The number of nitrogens with two attached hydrogens (primary N) is 1. The van der Waals surface area contributed by atoms with Gasteiger partial charge in [0.05, 0.1) is 24.7 Å². The van der Waals surface area contributed by atoms with Gasteiger partial charge in [0.25, 0.3) is 5.69 Å². The van der Waals surface area contributed by atoms with Crippen LogP contribution in [0.25, 0.3) is 0 Å². The maximum atomic E-state index is 10.7. The highest BCUT2D eigenvalue weighted by Crippen LogP contribution is 2.36. The number of nitro benzene ring substituents is 1. The summed E-state index contributed by atoms with van der Waals surface area (Å²) in [6.45, 7) is 0.362. The van der Waals surface area contributed by atoms with Gasteiger partial charge in [-0.3, -0.25) is 10.1 Å². The second-order valence-electron chi connectivity index (χ2n) is 3.21. The SMILES string of the molecule is COc1cc(N)c([N+](=O)[O-])cc1OCCCCl. The molecule has 0 spiro atoms. The van der Waals surface area contributed by atoms with Gasteiger partial charge in [-0.1, -0.05) is 0 Å². The van der Waals surface area contributed by atoms with Crippen LogP contribution >= 0.6 is 11.6 Å². The lowest BCUT2D eigenvalue weighted by atomic mass is 10.2. The zero-order valence-corrected chi connectivity index (χ0v) is 10.1. The Morgan fingerprint density at radius 1 is 1.47 bits per heavy atom. The van der Waals surface area contributed by atoms with Gasteiger partial charge in [-0.05, 0) is 6.42 Å². The lowest BCUT2D eigenvalue weighted by Crippen LogP contribution is -2.02. The molecule has 2 N–H and O–H groups in total. The van der Waals surface area contributed by atoms with Crippen LogP contribution in [0.15, 0.2) is 12.1 Å². The van der Waals surface area contributed by atoms with Crippen LogP contribution in [0.4, 0.5) is 11.4 Å². The van der Waals surface area contributed by atoms with E-state index in [0.29, 0.717) is 30.4 Å². The van der Waals surface area contributed by atoms with Crippen LogP contribution in [-0.4, -0.2) is 24.5 Å². The molecule has 0 saturated heterocycles. The Labute approximate surface area is 103 Å². The van der Waals surface area contributed by atoms with Crippen LogP contribution < -0.4 is 15.2 Å². The number of nitrogens with zero attached hydrogens (tertiary/aromatic N) is 1. The number of hydrogen-bond donors (Lipinski definition) is 1. The summed E-state index contributed by atoms with van der Waals surface area (Å²) in [6, 6.07) is 2.62. The monoisotopic (exact) mass is 260 g/mol. The number of alkyl halides is 1. The molecule has 0 aliphatic heterocycles. The Hall–Kier alpha value is -1.69. The van der Waals surface area contributed by atoms with Crippen LogP contribution in [0.3, 0.4) is 0 Å². The highest BCUT2D eigenvalue weighted by Gasteiger charge is 2.17. The Morgan fingerprint density at radius 2 is 2.18 bits per heavy atom. The van der Waals surface area contributed by atoms with Crippen molar-refractivity contribution in [2.45, 2.75) is 6.42 Å². The van der Waals surface area contributed by atoms with Gasteiger partial charge in [0.2, 0.25) is 0 Å². The maximum Gasteiger partial charge on any atom is 0.296 e. The fourth-order valence-corrected chi connectivity index (χ4v) is 1.34. The first-order chi connectivity index (χ1) is 8.10. The summed E-state index contributed by atoms with van der Waals surface area (Å²) in [6.07, 6.45) is 0.642. The van der Waals surface area contributed by atoms with E-state index in [1.807, 2.05) is 0 Å². The smallest absolute Gasteiger partial charge is 0.296 e. The second-order valence-corrected chi connectivity index (χ2v) is 3.59. The van der Waals surface area contributed by atoms with E-state index in [4.69, 9.17) is 26.8 Å². The van der Waals surface area contributed by atoms with Crippen molar-refractivity contribution >= 4 is 23.0 Å². The minimum Gasteiger partial charge on any atom is -0.493 e. The van der Waals surface area contributed by atoms with E-state index in [9.17, 15) is 10.1 Å². The third kappa shape index (κ3) is 3.39. The molecule has 0 heterocycles. The molecule has 0 radical (unpaired) electrons. The van der Waals surface area contributed by atoms with E-state index in [2.05, 4.69) is 0 Å². The van der Waals surface area contributed by atoms with Gasteiger partial charge in [-0.2, -0.15) is 0 Å². The van der Waals surface area contributed by atoms with Crippen molar-refractivity contribution in [1.82, 2.24) is 0 Å². The Balaban J connectivity index is 2.99. The number of benzene rings is 1. The van der Waals surface area contributed by atoms with E-state index in [1.54, 1.807) is 0 Å². The van der Waals surface area contributed by atoms with Gasteiger partial charge in [0, 0.05) is 11.9 Å². The minimum absolute atomic E-state index is 0.0385. The predicted molar refractivity (Wildman–Crippen MR) is 64.9 cm³/mol. The largest absolute Gasteiger partial charge is 0.493 e. The van der Waals surface area contributed by atoms with Gasteiger partial charge in [0.1, 0.15) is 5.69 Å². The zero-order chi connectivity index (χ0) is 12.8. The first-order valence-electron chi connectivity index (χ1n) is 4.90. The number of ether oxygens (including phenoxy) is 2. The third-order valence-electron chi connectivity index (χ3n) is 2.05. The second kappa shape index (κ2) is 6.15. The molecule has 0 amide bonds. The number of hydrogen-bond acceptors (Lipinski definition) is 5. The molecule has 1 rings (SSSR count). The fraction of sp³-hybridized carbons (Fsp3) is 0.400. The highest BCUT2D eigenvalue weighted by atomic mass is 35.5. The average molecular weight is 261 g/mol. The minimum atomic E-state index is -0.566. The van der Waals surface area contributed by atoms with Crippen molar-refractivity contribution in [2.75, 3.05) is 25.3 Å². The molecule has 7 heteroatoms. The molecule has 0 bridgehead atoms. The van der Waals surface area contributed by atoms with Crippen molar-refractivity contribution in [1.29, 1.82) is 0 Å². The third-order valence-corrected chi connectivity index (χ3v) is 2.31. The van der Waals surface area contributed by atoms with Crippen molar-refractivity contribution < 1.29 is 14.4 Å². The van der Waals surface area contributed by atoms with Crippen LogP contribution in [-0.2, 0) is 0 Å². The standard InChI is InChI=1S/C10H13ClN2O4/c1-16-9-5-7(12)8(13(14)15)6-10(9)17-4-2-3-11/h5-6H,2-4,12H2,1H3. The summed E-state index contributed by atoms with van der Waals surface area (Å²) in [4.78, 5) is 10.1. The van der Waals surface area contributed by atoms with Gasteiger partial charge in [-0.15, -0.1) is 11.6 Å². The summed E-state index contributed by atoms with van der Waals surface area (Å²) in [5.74, 6) is 1.11. The van der Waals surface area contributed by atoms with Crippen molar-refractivity contribution in [3.63, 3.8) is 0 Å². The maximum absolute atomic E-state index is 10.7. The molecule has 0 aromatic heterocycles. The predicted octanol–water partition coefficient (Wildman–Crippen LogP) is 2.19. The first-order valence-corrected chi connectivity index (χ1v) is 5.44. The normalized spacial score (nSPS) is 10.0. The van der Waals surface area contributed by atoms with Crippen molar-refractivity contribution in [2.24, 2.45) is 0 Å². The van der Waals surface area contributed by atoms with Gasteiger partial charge < -0.3 is 15.2 Å². The number of anilines is 1. The lowest BCUT2D eigenvalue weighted by molar-refractivity contribution is -0.384. The highest BCUT2D eigenvalue weighted by molar-refractivity contribution is 6.17. The van der Waals surface area contributed by atoms with Gasteiger partial charge in [0.15, 0.2) is 11.5 Å². The molecule has 17 heavy (non-hydrogen) atoms. The average Bonchev–Trinajstić information content (AvgIpc) is 2.30. The summed E-state index contributed by atoms with van der Waals surface area (Å²) in [5.41, 5.74) is 5.36. The van der Waals surface area contributed by atoms with Crippen LogP contribution in [0.2, 0.25) is 0 Å².